The summed E-state index contributed by atoms with van der Waals surface area (Å²) < 4.78 is 1.18. The average molecular weight is 376 g/mol. The molecule has 0 aliphatic carbocycles. The quantitative estimate of drug-likeness (QED) is 0.860. The number of piperidine rings is 1. The van der Waals surface area contributed by atoms with Crippen LogP contribution < -0.4 is 5.32 Å². The van der Waals surface area contributed by atoms with Crippen LogP contribution in [0.2, 0.25) is 0 Å². The molecule has 1 fully saturated rings. The van der Waals surface area contributed by atoms with Crippen molar-refractivity contribution in [1.29, 1.82) is 0 Å². The van der Waals surface area contributed by atoms with Gasteiger partial charge in [-0.3, -0.25) is 9.69 Å². The minimum Gasteiger partial charge on any atom is -0.391 e. The van der Waals surface area contributed by atoms with Crippen LogP contribution in [0.15, 0.2) is 24.3 Å². The van der Waals surface area contributed by atoms with Crippen molar-refractivity contribution in [3.63, 3.8) is 0 Å². The predicted molar refractivity (Wildman–Crippen MR) is 106 cm³/mol. The number of thiazole rings is 1. The zero-order chi connectivity index (χ0) is 18.9. The number of carbonyl (C=O) groups excluding carboxylic acids is 1. The number of benzene rings is 1. The predicted octanol–water partition coefficient (Wildman–Crippen LogP) is 3.34. The number of nitrogens with zero attached hydrogens (tertiary/aromatic N) is 2. The summed E-state index contributed by atoms with van der Waals surface area (Å²) in [5, 5.41) is 14.8. The van der Waals surface area contributed by atoms with Crippen LogP contribution in [0.3, 0.4) is 0 Å². The molecule has 26 heavy (non-hydrogen) atoms. The van der Waals surface area contributed by atoms with Gasteiger partial charge >= 0.3 is 0 Å². The minimum absolute atomic E-state index is 0.0150. The maximum Gasteiger partial charge on any atom is 0.217 e. The molecule has 0 spiro atoms. The van der Waals surface area contributed by atoms with Crippen molar-refractivity contribution >= 4 is 27.5 Å². The number of β-amino-alcohol motifs (C(OH)–C–C–N with tert-alkyl or cyclic N) is 1. The van der Waals surface area contributed by atoms with Crippen molar-refractivity contribution in [1.82, 2.24) is 15.2 Å². The normalized spacial score (nSPS) is 23.1. The number of aliphatic hydroxyl groups is 1. The van der Waals surface area contributed by atoms with E-state index in [1.807, 2.05) is 18.2 Å². The monoisotopic (exact) mass is 375 g/mol. The molecule has 2 heterocycles. The Morgan fingerprint density at radius 3 is 2.81 bits per heavy atom. The number of likely N-dealkylation sites (tertiary alicyclic amines) is 1. The summed E-state index contributed by atoms with van der Waals surface area (Å²) in [5.74, 6) is 0.0150. The van der Waals surface area contributed by atoms with Crippen LogP contribution in [0.4, 0.5) is 0 Å². The third kappa shape index (κ3) is 4.42. The Labute approximate surface area is 159 Å². The first kappa shape index (κ1) is 19.3. The van der Waals surface area contributed by atoms with Crippen LogP contribution in [-0.2, 0) is 4.79 Å². The number of para-hydroxylation sites is 1. The summed E-state index contributed by atoms with van der Waals surface area (Å²) in [6, 6.07) is 8.46. The number of aromatic nitrogens is 1. The van der Waals surface area contributed by atoms with E-state index >= 15 is 0 Å². The number of aliphatic hydroxyl groups excluding tert-OH is 1. The summed E-state index contributed by atoms with van der Waals surface area (Å²) in [6.07, 6.45) is 1.32. The van der Waals surface area contributed by atoms with Gasteiger partial charge in [0.1, 0.15) is 5.01 Å². The maximum absolute atomic E-state index is 11.5. The molecule has 0 radical (unpaired) electrons. The smallest absolute Gasteiger partial charge is 0.217 e. The molecule has 1 aliphatic rings. The van der Waals surface area contributed by atoms with E-state index in [-0.39, 0.29) is 23.4 Å². The van der Waals surface area contributed by atoms with Crippen LogP contribution in [0.25, 0.3) is 10.2 Å². The molecule has 1 aliphatic heterocycles. The van der Waals surface area contributed by atoms with E-state index in [0.29, 0.717) is 6.54 Å². The molecule has 1 aromatic carbocycles. The number of carbonyl (C=O) groups is 1. The van der Waals surface area contributed by atoms with E-state index in [4.69, 9.17) is 4.98 Å². The lowest BCUT2D eigenvalue weighted by atomic mass is 9.87. The lowest BCUT2D eigenvalue weighted by Crippen LogP contribution is -2.49. The van der Waals surface area contributed by atoms with Gasteiger partial charge in [0.15, 0.2) is 0 Å². The molecule has 0 bridgehead atoms. The van der Waals surface area contributed by atoms with E-state index in [0.717, 1.165) is 29.9 Å². The molecule has 3 unspecified atom stereocenters. The Kier molecular flexibility index (Phi) is 5.65. The summed E-state index contributed by atoms with van der Waals surface area (Å²) in [5.41, 5.74) is 0.859. The van der Waals surface area contributed by atoms with Crippen molar-refractivity contribution in [2.75, 3.05) is 13.1 Å². The summed E-state index contributed by atoms with van der Waals surface area (Å²) in [7, 11) is 0. The molecule has 3 rings (SSSR count). The standard InChI is InChI=1S/C20H29N3O2S/c1-13(24)21-14-9-10-23(12-18(25)20(2,3)4)16(11-14)19-22-15-7-5-6-8-17(15)26-19/h5-8,14,16,18,25H,9-12H2,1-4H3,(H,21,24). The largest absolute Gasteiger partial charge is 0.391 e. The van der Waals surface area contributed by atoms with Gasteiger partial charge in [-0.05, 0) is 30.4 Å². The van der Waals surface area contributed by atoms with Crippen molar-refractivity contribution in [2.45, 2.75) is 58.7 Å². The summed E-state index contributed by atoms with van der Waals surface area (Å²) >= 11 is 1.72. The van der Waals surface area contributed by atoms with Gasteiger partial charge in [-0.25, -0.2) is 4.98 Å². The number of hydrogen-bond acceptors (Lipinski definition) is 5. The second-order valence-electron chi connectivity index (χ2n) is 8.33. The molecule has 142 valence electrons. The van der Waals surface area contributed by atoms with Gasteiger partial charge in [0, 0.05) is 26.1 Å². The highest BCUT2D eigenvalue weighted by atomic mass is 32.1. The van der Waals surface area contributed by atoms with E-state index < -0.39 is 6.10 Å². The molecule has 1 aromatic heterocycles. The summed E-state index contributed by atoms with van der Waals surface area (Å²) in [6.45, 7) is 9.23. The average Bonchev–Trinajstić information content (AvgIpc) is 2.98. The Morgan fingerprint density at radius 1 is 1.42 bits per heavy atom. The zero-order valence-corrected chi connectivity index (χ0v) is 16.8. The fourth-order valence-electron chi connectivity index (χ4n) is 3.44. The molecular weight excluding hydrogens is 346 g/mol. The molecule has 0 saturated carbocycles. The zero-order valence-electron chi connectivity index (χ0n) is 16.0. The van der Waals surface area contributed by atoms with Gasteiger partial charge in [0.2, 0.25) is 5.91 Å². The number of hydrogen-bond donors (Lipinski definition) is 2. The second-order valence-corrected chi connectivity index (χ2v) is 9.40. The Hall–Kier alpha value is -1.50. The van der Waals surface area contributed by atoms with Gasteiger partial charge in [-0.15, -0.1) is 11.3 Å². The van der Waals surface area contributed by atoms with Crippen LogP contribution in [0.5, 0.6) is 0 Å². The first-order valence-corrected chi connectivity index (χ1v) is 10.1. The fraction of sp³-hybridized carbons (Fsp3) is 0.600. The number of nitrogens with one attached hydrogen (secondary N) is 1. The Balaban J connectivity index is 1.86. The third-order valence-electron chi connectivity index (χ3n) is 5.12. The van der Waals surface area contributed by atoms with E-state index in [9.17, 15) is 9.90 Å². The maximum atomic E-state index is 11.5. The van der Waals surface area contributed by atoms with Gasteiger partial charge in [0.05, 0.1) is 22.4 Å². The SMILES string of the molecule is CC(=O)NC1CCN(CC(O)C(C)(C)C)C(c2nc3ccccc3s2)C1. The van der Waals surface area contributed by atoms with Crippen LogP contribution in [-0.4, -0.2) is 46.1 Å². The van der Waals surface area contributed by atoms with E-state index in [1.54, 1.807) is 18.3 Å². The molecule has 1 saturated heterocycles. The van der Waals surface area contributed by atoms with Crippen molar-refractivity contribution < 1.29 is 9.90 Å². The Bertz CT molecular complexity index is 735. The highest BCUT2D eigenvalue weighted by Gasteiger charge is 2.35. The highest BCUT2D eigenvalue weighted by Crippen LogP contribution is 2.36. The van der Waals surface area contributed by atoms with Gasteiger partial charge in [-0.2, -0.15) is 0 Å². The molecule has 1 amide bonds. The van der Waals surface area contributed by atoms with Gasteiger partial charge in [0.25, 0.3) is 0 Å². The molecule has 5 nitrogen and oxygen atoms in total. The third-order valence-corrected chi connectivity index (χ3v) is 6.26. The van der Waals surface area contributed by atoms with Crippen LogP contribution in [0.1, 0.15) is 51.6 Å². The molecule has 6 heteroatoms. The Morgan fingerprint density at radius 2 is 2.15 bits per heavy atom. The van der Waals surface area contributed by atoms with Gasteiger partial charge < -0.3 is 10.4 Å². The summed E-state index contributed by atoms with van der Waals surface area (Å²) in [4.78, 5) is 18.7. The molecular formula is C20H29N3O2S. The first-order chi connectivity index (χ1) is 12.2. The molecule has 3 atom stereocenters. The second kappa shape index (κ2) is 7.62. The lowest BCUT2D eigenvalue weighted by Gasteiger charge is -2.41. The van der Waals surface area contributed by atoms with Crippen LogP contribution in [0, 0.1) is 5.41 Å². The fourth-order valence-corrected chi connectivity index (χ4v) is 4.55. The topological polar surface area (TPSA) is 65.5 Å². The van der Waals surface area contributed by atoms with Crippen molar-refractivity contribution in [2.24, 2.45) is 5.41 Å². The van der Waals surface area contributed by atoms with E-state index in [2.05, 4.69) is 37.1 Å². The van der Waals surface area contributed by atoms with E-state index in [1.165, 1.54) is 4.70 Å². The van der Waals surface area contributed by atoms with Crippen molar-refractivity contribution in [3.8, 4) is 0 Å². The number of amides is 1. The number of rotatable bonds is 4. The molecule has 2 N–H and O–H groups in total. The minimum atomic E-state index is -0.406. The van der Waals surface area contributed by atoms with Crippen molar-refractivity contribution in [3.05, 3.63) is 29.3 Å². The highest BCUT2D eigenvalue weighted by molar-refractivity contribution is 7.18. The lowest BCUT2D eigenvalue weighted by molar-refractivity contribution is -0.120. The number of fused-ring (bicyclic) bond motifs is 1. The first-order valence-electron chi connectivity index (χ1n) is 9.28. The van der Waals surface area contributed by atoms with Crippen LogP contribution >= 0.6 is 11.3 Å². The van der Waals surface area contributed by atoms with Gasteiger partial charge in [-0.1, -0.05) is 32.9 Å². The molecule has 2 aromatic rings.